The van der Waals surface area contributed by atoms with Gasteiger partial charge in [-0.2, -0.15) is 0 Å². The van der Waals surface area contributed by atoms with Crippen molar-refractivity contribution in [2.45, 2.75) is 19.3 Å². The first-order valence-electron chi connectivity index (χ1n) is 8.47. The summed E-state index contributed by atoms with van der Waals surface area (Å²) in [5.41, 5.74) is 3.59. The van der Waals surface area contributed by atoms with E-state index in [-0.39, 0.29) is 23.1 Å². The van der Waals surface area contributed by atoms with E-state index < -0.39 is 11.8 Å². The van der Waals surface area contributed by atoms with E-state index in [2.05, 4.69) is 5.32 Å². The summed E-state index contributed by atoms with van der Waals surface area (Å²) in [7, 11) is 0. The number of hydrogen-bond acceptors (Lipinski definition) is 3. The molecule has 3 aromatic rings. The number of nitrogens with one attached hydrogen (secondary N) is 1. The van der Waals surface area contributed by atoms with Gasteiger partial charge >= 0.3 is 5.97 Å². The second-order valence-electron chi connectivity index (χ2n) is 6.52. The number of aromatic carboxylic acids is 1. The van der Waals surface area contributed by atoms with Crippen LogP contribution in [0.25, 0.3) is 11.1 Å². The van der Waals surface area contributed by atoms with Gasteiger partial charge < -0.3 is 10.4 Å². The molecular weight excluding hydrogens is 365 g/mol. The number of hydrogen-bond donors (Lipinski definition) is 2. The van der Waals surface area contributed by atoms with Crippen LogP contribution in [0.1, 0.15) is 38.0 Å². The molecule has 2 aromatic carbocycles. The number of carboxylic acid groups (broad SMARTS) is 1. The van der Waals surface area contributed by atoms with Gasteiger partial charge in [-0.3, -0.25) is 4.79 Å². The first-order valence-corrected chi connectivity index (χ1v) is 9.28. The maximum Gasteiger partial charge on any atom is 0.346 e. The van der Waals surface area contributed by atoms with Gasteiger partial charge in [-0.1, -0.05) is 36.4 Å². The Labute approximate surface area is 159 Å². The average Bonchev–Trinajstić information content (AvgIpc) is 3.02. The van der Waals surface area contributed by atoms with E-state index in [1.165, 1.54) is 35.6 Å². The highest BCUT2D eigenvalue weighted by molar-refractivity contribution is 7.15. The molecule has 0 fully saturated rings. The summed E-state index contributed by atoms with van der Waals surface area (Å²) in [5.74, 6) is -1.82. The Hall–Kier alpha value is -2.99. The summed E-state index contributed by atoms with van der Waals surface area (Å²) in [6, 6.07) is 13.4. The van der Waals surface area contributed by atoms with E-state index in [1.54, 1.807) is 0 Å². The van der Waals surface area contributed by atoms with Gasteiger partial charge in [0.15, 0.2) is 0 Å². The molecule has 0 aliphatic carbocycles. The van der Waals surface area contributed by atoms with Crippen molar-refractivity contribution in [1.29, 1.82) is 0 Å². The number of carbonyl (C=O) groups is 2. The highest BCUT2D eigenvalue weighted by atomic mass is 32.1. The van der Waals surface area contributed by atoms with Crippen LogP contribution >= 0.6 is 11.3 Å². The lowest BCUT2D eigenvalue weighted by atomic mass is 9.86. The summed E-state index contributed by atoms with van der Waals surface area (Å²) in [5, 5.41) is 12.6. The van der Waals surface area contributed by atoms with Gasteiger partial charge in [-0.05, 0) is 35.7 Å². The number of thiophene rings is 1. The van der Waals surface area contributed by atoms with E-state index in [1.807, 2.05) is 31.2 Å². The van der Waals surface area contributed by atoms with Gasteiger partial charge in [-0.15, -0.1) is 11.3 Å². The minimum Gasteiger partial charge on any atom is -0.477 e. The smallest absolute Gasteiger partial charge is 0.346 e. The lowest BCUT2D eigenvalue weighted by Crippen LogP contribution is -2.22. The van der Waals surface area contributed by atoms with Crippen LogP contribution < -0.4 is 5.32 Å². The fourth-order valence-corrected chi connectivity index (χ4v) is 4.80. The molecule has 4 rings (SSSR count). The summed E-state index contributed by atoms with van der Waals surface area (Å²) in [4.78, 5) is 25.3. The fourth-order valence-electron chi connectivity index (χ4n) is 3.56. The molecule has 6 heteroatoms. The van der Waals surface area contributed by atoms with Crippen molar-refractivity contribution < 1.29 is 19.1 Å². The highest BCUT2D eigenvalue weighted by Crippen LogP contribution is 2.49. The summed E-state index contributed by atoms with van der Waals surface area (Å²) in [6.07, 6.45) is 0.264. The standard InChI is InChI=1S/C21H16FNO3S/c1-11-4-2-3-5-14(11)15-10-16(24)23-18-17(12-6-8-13(22)9-7-12)20(21(25)26)27-19(15)18/h2-9,15H,10H2,1H3,(H,23,24)(H,25,26). The van der Waals surface area contributed by atoms with Crippen LogP contribution in [0.3, 0.4) is 0 Å². The molecule has 1 aliphatic rings. The van der Waals surface area contributed by atoms with E-state index in [9.17, 15) is 19.1 Å². The van der Waals surface area contributed by atoms with E-state index in [0.717, 1.165) is 16.0 Å². The summed E-state index contributed by atoms with van der Waals surface area (Å²) in [6.45, 7) is 1.98. The molecule has 27 heavy (non-hydrogen) atoms. The molecule has 0 radical (unpaired) electrons. The van der Waals surface area contributed by atoms with Crippen LogP contribution in [0, 0.1) is 12.7 Å². The normalized spacial score (nSPS) is 15.9. The zero-order chi connectivity index (χ0) is 19.1. The molecule has 2 N–H and O–H groups in total. The van der Waals surface area contributed by atoms with Crippen molar-refractivity contribution in [2.75, 3.05) is 5.32 Å². The van der Waals surface area contributed by atoms with Gasteiger partial charge in [-0.25, -0.2) is 9.18 Å². The minimum atomic E-state index is -1.06. The van der Waals surface area contributed by atoms with Crippen molar-refractivity contribution in [3.63, 3.8) is 0 Å². The Morgan fingerprint density at radius 3 is 2.56 bits per heavy atom. The fraction of sp³-hybridized carbons (Fsp3) is 0.143. The zero-order valence-corrected chi connectivity index (χ0v) is 15.3. The Balaban J connectivity index is 1.95. The second-order valence-corrected chi connectivity index (χ2v) is 7.57. The van der Waals surface area contributed by atoms with Crippen molar-refractivity contribution >= 4 is 28.9 Å². The molecule has 1 unspecified atom stereocenters. The first-order chi connectivity index (χ1) is 13.0. The van der Waals surface area contributed by atoms with Crippen LogP contribution in [0.15, 0.2) is 48.5 Å². The molecule has 1 atom stereocenters. The number of amides is 1. The maximum atomic E-state index is 13.3. The zero-order valence-electron chi connectivity index (χ0n) is 14.5. The second kappa shape index (κ2) is 6.63. The lowest BCUT2D eigenvalue weighted by Gasteiger charge is -2.25. The van der Waals surface area contributed by atoms with Crippen molar-refractivity contribution in [1.82, 2.24) is 0 Å². The number of carbonyl (C=O) groups excluding carboxylic acids is 1. The number of benzene rings is 2. The molecule has 1 amide bonds. The third-order valence-electron chi connectivity index (χ3n) is 4.80. The minimum absolute atomic E-state index is 0.146. The quantitative estimate of drug-likeness (QED) is 0.668. The van der Waals surface area contributed by atoms with E-state index >= 15 is 0 Å². The third kappa shape index (κ3) is 3.02. The van der Waals surface area contributed by atoms with Crippen molar-refractivity contribution in [3.05, 3.63) is 75.2 Å². The number of carboxylic acids is 1. The topological polar surface area (TPSA) is 66.4 Å². The Kier molecular flexibility index (Phi) is 4.28. The number of rotatable bonds is 3. The SMILES string of the molecule is Cc1ccccc1C1CC(=O)Nc2c1sc(C(=O)O)c2-c1ccc(F)cc1. The monoisotopic (exact) mass is 381 g/mol. The van der Waals surface area contributed by atoms with Crippen LogP contribution in [0.5, 0.6) is 0 Å². The van der Waals surface area contributed by atoms with Gasteiger partial charge in [0, 0.05) is 22.8 Å². The predicted molar refractivity (Wildman–Crippen MR) is 103 cm³/mol. The number of aryl methyl sites for hydroxylation is 1. The van der Waals surface area contributed by atoms with Crippen LogP contribution in [0.4, 0.5) is 10.1 Å². The first kappa shape index (κ1) is 17.4. The molecule has 0 saturated heterocycles. The van der Waals surface area contributed by atoms with Gasteiger partial charge in [0.1, 0.15) is 10.7 Å². The van der Waals surface area contributed by atoms with Crippen LogP contribution in [0.2, 0.25) is 0 Å². The Bertz CT molecular complexity index is 1060. The molecule has 0 spiro atoms. The lowest BCUT2D eigenvalue weighted by molar-refractivity contribution is -0.116. The van der Waals surface area contributed by atoms with Crippen molar-refractivity contribution in [2.24, 2.45) is 0 Å². The molecule has 1 aliphatic heterocycles. The molecule has 1 aromatic heterocycles. The summed E-state index contributed by atoms with van der Waals surface area (Å²) >= 11 is 1.17. The molecule has 136 valence electrons. The average molecular weight is 381 g/mol. The largest absolute Gasteiger partial charge is 0.477 e. The highest BCUT2D eigenvalue weighted by Gasteiger charge is 2.34. The predicted octanol–water partition coefficient (Wildman–Crippen LogP) is 5.03. The Morgan fingerprint density at radius 1 is 1.19 bits per heavy atom. The van der Waals surface area contributed by atoms with Gasteiger partial charge in [0.05, 0.1) is 5.69 Å². The molecule has 0 bridgehead atoms. The molecule has 0 saturated carbocycles. The molecular formula is C21H16FNO3S. The van der Waals surface area contributed by atoms with E-state index in [0.29, 0.717) is 16.8 Å². The van der Waals surface area contributed by atoms with E-state index in [4.69, 9.17) is 0 Å². The van der Waals surface area contributed by atoms with Crippen LogP contribution in [-0.4, -0.2) is 17.0 Å². The van der Waals surface area contributed by atoms with Gasteiger partial charge in [0.25, 0.3) is 0 Å². The third-order valence-corrected chi connectivity index (χ3v) is 6.09. The Morgan fingerprint density at radius 2 is 1.89 bits per heavy atom. The van der Waals surface area contributed by atoms with Crippen molar-refractivity contribution in [3.8, 4) is 11.1 Å². The maximum absolute atomic E-state index is 13.3. The van der Waals surface area contributed by atoms with Crippen LogP contribution in [-0.2, 0) is 4.79 Å². The number of anilines is 1. The van der Waals surface area contributed by atoms with Gasteiger partial charge in [0.2, 0.25) is 5.91 Å². The number of fused-ring (bicyclic) bond motifs is 1. The molecule has 4 nitrogen and oxygen atoms in total. The molecule has 2 heterocycles. The summed E-state index contributed by atoms with van der Waals surface area (Å²) < 4.78 is 13.3. The number of halogens is 1.